The number of hydrogen-bond acceptors (Lipinski definition) is 5. The van der Waals surface area contributed by atoms with Crippen molar-refractivity contribution in [2.75, 3.05) is 5.75 Å². The van der Waals surface area contributed by atoms with Crippen LogP contribution in [0.5, 0.6) is 0 Å². The zero-order valence-corrected chi connectivity index (χ0v) is 12.3. The van der Waals surface area contributed by atoms with E-state index in [1.165, 1.54) is 24.3 Å². The largest absolute Gasteiger partial charge is 0.334 e. The molecule has 1 heterocycles. The molecule has 2 aromatic rings. The van der Waals surface area contributed by atoms with Crippen LogP contribution in [0.1, 0.15) is 12.7 Å². The molecular formula is C13H15N3O4S. The van der Waals surface area contributed by atoms with Crippen LogP contribution in [0.4, 0.5) is 5.69 Å². The highest BCUT2D eigenvalue weighted by atomic mass is 32.2. The van der Waals surface area contributed by atoms with Gasteiger partial charge in [0.05, 0.1) is 15.6 Å². The van der Waals surface area contributed by atoms with Gasteiger partial charge in [0.15, 0.2) is 9.84 Å². The molecule has 0 aliphatic rings. The van der Waals surface area contributed by atoms with Crippen molar-refractivity contribution < 1.29 is 13.3 Å². The van der Waals surface area contributed by atoms with E-state index in [0.717, 1.165) is 12.2 Å². The van der Waals surface area contributed by atoms with E-state index in [1.807, 2.05) is 6.92 Å². The van der Waals surface area contributed by atoms with Crippen molar-refractivity contribution in [3.8, 4) is 0 Å². The van der Waals surface area contributed by atoms with E-state index in [4.69, 9.17) is 0 Å². The first kappa shape index (κ1) is 15.2. The lowest BCUT2D eigenvalue weighted by Gasteiger charge is -2.07. The van der Waals surface area contributed by atoms with E-state index in [2.05, 4.69) is 4.98 Å². The number of nitrogens with zero attached hydrogens (tertiary/aromatic N) is 3. The van der Waals surface area contributed by atoms with E-state index in [1.54, 1.807) is 17.0 Å². The molecule has 21 heavy (non-hydrogen) atoms. The minimum atomic E-state index is -3.48. The molecule has 8 heteroatoms. The van der Waals surface area contributed by atoms with Crippen molar-refractivity contribution in [1.82, 2.24) is 9.55 Å². The molecule has 0 unspecified atom stereocenters. The molecular weight excluding hydrogens is 294 g/mol. The molecule has 7 nitrogen and oxygen atoms in total. The maximum atomic E-state index is 12.2. The molecule has 0 N–H and O–H groups in total. The van der Waals surface area contributed by atoms with Crippen molar-refractivity contribution in [3.05, 3.63) is 52.6 Å². The minimum Gasteiger partial charge on any atom is -0.334 e. The molecule has 0 bridgehead atoms. The lowest BCUT2D eigenvalue weighted by molar-refractivity contribution is -0.384. The Morgan fingerprint density at radius 2 is 1.95 bits per heavy atom. The highest BCUT2D eigenvalue weighted by Gasteiger charge is 2.16. The second-order valence-electron chi connectivity index (χ2n) is 4.46. The fourth-order valence-electron chi connectivity index (χ4n) is 1.97. The Labute approximate surface area is 122 Å². The van der Waals surface area contributed by atoms with Crippen LogP contribution in [0, 0.1) is 10.1 Å². The number of nitro benzene ring substituents is 1. The Hall–Kier alpha value is -2.22. The van der Waals surface area contributed by atoms with Gasteiger partial charge in [-0.15, -0.1) is 0 Å². The van der Waals surface area contributed by atoms with Gasteiger partial charge in [-0.05, 0) is 12.1 Å². The summed E-state index contributed by atoms with van der Waals surface area (Å²) in [6.45, 7) is 2.26. The van der Waals surface area contributed by atoms with Crippen molar-refractivity contribution in [2.45, 2.75) is 24.8 Å². The van der Waals surface area contributed by atoms with Gasteiger partial charge in [0, 0.05) is 37.5 Å². The smallest absolute Gasteiger partial charge is 0.269 e. The average molecular weight is 309 g/mol. The zero-order valence-electron chi connectivity index (χ0n) is 11.5. The Kier molecular flexibility index (Phi) is 4.37. The van der Waals surface area contributed by atoms with Crippen molar-refractivity contribution in [3.63, 3.8) is 0 Å². The number of hydrogen-bond donors (Lipinski definition) is 0. The highest BCUT2D eigenvalue weighted by Crippen LogP contribution is 2.17. The number of non-ortho nitro benzene ring substituents is 1. The molecule has 1 aromatic carbocycles. The zero-order chi connectivity index (χ0) is 15.5. The van der Waals surface area contributed by atoms with Crippen LogP contribution in [0.2, 0.25) is 0 Å². The maximum absolute atomic E-state index is 12.2. The molecule has 112 valence electrons. The van der Waals surface area contributed by atoms with Gasteiger partial charge in [0.2, 0.25) is 0 Å². The Morgan fingerprint density at radius 3 is 2.52 bits per heavy atom. The van der Waals surface area contributed by atoms with Gasteiger partial charge in [-0.25, -0.2) is 13.4 Å². The van der Waals surface area contributed by atoms with Crippen LogP contribution in [-0.2, 0) is 22.8 Å². The summed E-state index contributed by atoms with van der Waals surface area (Å²) < 4.78 is 26.2. The van der Waals surface area contributed by atoms with Gasteiger partial charge in [0.25, 0.3) is 5.69 Å². The van der Waals surface area contributed by atoms with Crippen molar-refractivity contribution in [1.29, 1.82) is 0 Å². The summed E-state index contributed by atoms with van der Waals surface area (Å²) in [4.78, 5) is 14.2. The molecule has 0 radical (unpaired) electrons. The number of aromatic nitrogens is 2. The van der Waals surface area contributed by atoms with E-state index >= 15 is 0 Å². The molecule has 0 saturated carbocycles. The number of aryl methyl sites for hydroxylation is 2. The van der Waals surface area contributed by atoms with E-state index in [9.17, 15) is 18.5 Å². The van der Waals surface area contributed by atoms with E-state index in [0.29, 0.717) is 6.54 Å². The standard InChI is InChI=1S/C13H15N3O4S/c1-2-13-14-7-8-15(13)9-10-21(19,20)12-5-3-11(4-6-12)16(17)18/h3-8H,2,9-10H2,1H3. The Morgan fingerprint density at radius 1 is 1.29 bits per heavy atom. The van der Waals surface area contributed by atoms with Gasteiger partial charge in [0.1, 0.15) is 5.82 Å². The molecule has 0 amide bonds. The van der Waals surface area contributed by atoms with Crippen molar-refractivity contribution in [2.24, 2.45) is 0 Å². The first-order valence-electron chi connectivity index (χ1n) is 6.41. The monoisotopic (exact) mass is 309 g/mol. The van der Waals surface area contributed by atoms with Gasteiger partial charge < -0.3 is 4.57 Å². The Bertz CT molecular complexity index is 735. The fraction of sp³-hybridized carbons (Fsp3) is 0.308. The van der Waals surface area contributed by atoms with Crippen LogP contribution < -0.4 is 0 Å². The van der Waals surface area contributed by atoms with Gasteiger partial charge >= 0.3 is 0 Å². The molecule has 1 aromatic heterocycles. The number of imidazole rings is 1. The topological polar surface area (TPSA) is 95.1 Å². The lowest BCUT2D eigenvalue weighted by Crippen LogP contribution is -2.14. The van der Waals surface area contributed by atoms with E-state index in [-0.39, 0.29) is 16.3 Å². The van der Waals surface area contributed by atoms with Crippen LogP contribution in [-0.4, -0.2) is 28.6 Å². The number of sulfone groups is 1. The first-order valence-corrected chi connectivity index (χ1v) is 8.06. The number of rotatable bonds is 6. The second-order valence-corrected chi connectivity index (χ2v) is 6.57. The summed E-state index contributed by atoms with van der Waals surface area (Å²) >= 11 is 0. The summed E-state index contributed by atoms with van der Waals surface area (Å²) in [7, 11) is -3.48. The van der Waals surface area contributed by atoms with Crippen LogP contribution in [0.15, 0.2) is 41.6 Å². The van der Waals surface area contributed by atoms with E-state index < -0.39 is 14.8 Å². The van der Waals surface area contributed by atoms with Crippen LogP contribution >= 0.6 is 0 Å². The fourth-order valence-corrected chi connectivity index (χ4v) is 3.19. The maximum Gasteiger partial charge on any atom is 0.269 e. The lowest BCUT2D eigenvalue weighted by atomic mass is 10.3. The predicted molar refractivity (Wildman–Crippen MR) is 76.8 cm³/mol. The molecule has 0 atom stereocenters. The van der Waals surface area contributed by atoms with Crippen LogP contribution in [0.3, 0.4) is 0 Å². The molecule has 0 aliphatic carbocycles. The third kappa shape index (κ3) is 3.46. The van der Waals surface area contributed by atoms with Gasteiger partial charge in [-0.3, -0.25) is 10.1 Å². The summed E-state index contributed by atoms with van der Waals surface area (Å²) in [5, 5.41) is 10.6. The quantitative estimate of drug-likeness (QED) is 0.599. The first-order chi connectivity index (χ1) is 9.94. The summed E-state index contributed by atoms with van der Waals surface area (Å²) in [6.07, 6.45) is 4.10. The van der Waals surface area contributed by atoms with Crippen molar-refractivity contribution >= 4 is 15.5 Å². The Balaban J connectivity index is 2.13. The highest BCUT2D eigenvalue weighted by molar-refractivity contribution is 7.91. The summed E-state index contributed by atoms with van der Waals surface area (Å²) in [5.74, 6) is 0.752. The van der Waals surface area contributed by atoms with Gasteiger partial charge in [-0.1, -0.05) is 6.92 Å². The summed E-state index contributed by atoms with van der Waals surface area (Å²) in [6, 6.07) is 4.92. The summed E-state index contributed by atoms with van der Waals surface area (Å²) in [5.41, 5.74) is -0.128. The SMILES string of the molecule is CCc1nccn1CCS(=O)(=O)c1ccc([N+](=O)[O-])cc1. The third-order valence-corrected chi connectivity index (χ3v) is 4.84. The predicted octanol–water partition coefficient (Wildman–Crippen LogP) is 1.83. The van der Waals surface area contributed by atoms with Crippen LogP contribution in [0.25, 0.3) is 0 Å². The second kappa shape index (κ2) is 6.04. The molecule has 0 fully saturated rings. The number of benzene rings is 1. The number of nitro groups is 1. The van der Waals surface area contributed by atoms with Gasteiger partial charge in [-0.2, -0.15) is 0 Å². The molecule has 0 spiro atoms. The molecule has 2 rings (SSSR count). The minimum absolute atomic E-state index is 0.0752. The average Bonchev–Trinajstić information content (AvgIpc) is 2.93. The molecule has 0 aliphatic heterocycles. The normalized spacial score (nSPS) is 11.5. The molecule has 0 saturated heterocycles. The third-order valence-electron chi connectivity index (χ3n) is 3.13.